The molecule has 156 valence electrons. The van der Waals surface area contributed by atoms with Crippen LogP contribution in [0.15, 0.2) is 73.1 Å². The van der Waals surface area contributed by atoms with Gasteiger partial charge in [-0.3, -0.25) is 4.98 Å². The number of halogens is 1. The summed E-state index contributed by atoms with van der Waals surface area (Å²) >= 11 is 0. The van der Waals surface area contributed by atoms with Crippen molar-refractivity contribution in [3.8, 4) is 23.3 Å². The average Bonchev–Trinajstić information content (AvgIpc) is 2.79. The minimum atomic E-state index is -0.566. The summed E-state index contributed by atoms with van der Waals surface area (Å²) in [5, 5.41) is 8.65. The SMILES string of the molecule is N#CCc1ccc(OCCOC(=O)/C=C/c2ccc(Oc3cccnc3)c(F)c2)cc1. The first-order valence-electron chi connectivity index (χ1n) is 9.45. The Kier molecular flexibility index (Phi) is 7.72. The van der Waals surface area contributed by atoms with Crippen molar-refractivity contribution in [2.45, 2.75) is 6.42 Å². The molecule has 31 heavy (non-hydrogen) atoms. The van der Waals surface area contributed by atoms with Gasteiger partial charge in [-0.25, -0.2) is 9.18 Å². The second-order valence-corrected chi connectivity index (χ2v) is 6.31. The van der Waals surface area contributed by atoms with Gasteiger partial charge < -0.3 is 14.2 Å². The van der Waals surface area contributed by atoms with Crippen LogP contribution in [0.4, 0.5) is 4.39 Å². The number of esters is 1. The number of nitriles is 1. The van der Waals surface area contributed by atoms with Crippen LogP contribution in [0.3, 0.4) is 0 Å². The molecule has 0 saturated heterocycles. The predicted octanol–water partition coefficient (Wildman–Crippen LogP) is 4.71. The third kappa shape index (κ3) is 6.98. The van der Waals surface area contributed by atoms with E-state index < -0.39 is 11.8 Å². The van der Waals surface area contributed by atoms with Crippen LogP contribution in [0.25, 0.3) is 6.08 Å². The van der Waals surface area contributed by atoms with Gasteiger partial charge in [-0.05, 0) is 53.6 Å². The molecule has 0 atom stereocenters. The third-order valence-electron chi connectivity index (χ3n) is 4.03. The van der Waals surface area contributed by atoms with Gasteiger partial charge in [0.1, 0.15) is 24.7 Å². The van der Waals surface area contributed by atoms with Crippen LogP contribution in [0.1, 0.15) is 11.1 Å². The Labute approximate surface area is 179 Å². The van der Waals surface area contributed by atoms with Crippen LogP contribution in [-0.2, 0) is 16.0 Å². The Morgan fingerprint density at radius 2 is 1.94 bits per heavy atom. The van der Waals surface area contributed by atoms with E-state index in [2.05, 4.69) is 11.1 Å². The maximum absolute atomic E-state index is 14.2. The standard InChI is InChI=1S/C24H19FN2O4/c25-22-16-19(5-9-23(22)31-21-2-1-13-27-17-21)6-10-24(28)30-15-14-29-20-7-3-18(4-8-20)11-12-26/h1-10,13,16-17H,11,14-15H2/b10-6+. The summed E-state index contributed by atoms with van der Waals surface area (Å²) in [7, 11) is 0. The normalized spacial score (nSPS) is 10.5. The number of ether oxygens (including phenoxy) is 3. The van der Waals surface area contributed by atoms with Crippen LogP contribution in [0.2, 0.25) is 0 Å². The summed E-state index contributed by atoms with van der Waals surface area (Å²) in [4.78, 5) is 15.7. The molecule has 0 unspecified atom stereocenters. The molecule has 0 aliphatic rings. The van der Waals surface area contributed by atoms with Crippen LogP contribution in [0.5, 0.6) is 17.2 Å². The minimum absolute atomic E-state index is 0.0607. The summed E-state index contributed by atoms with van der Waals surface area (Å²) in [6, 6.07) is 16.9. The fourth-order valence-corrected chi connectivity index (χ4v) is 2.55. The molecule has 0 aliphatic carbocycles. The third-order valence-corrected chi connectivity index (χ3v) is 4.03. The maximum Gasteiger partial charge on any atom is 0.330 e. The lowest BCUT2D eigenvalue weighted by molar-refractivity contribution is -0.138. The van der Waals surface area contributed by atoms with Gasteiger partial charge in [-0.2, -0.15) is 5.26 Å². The molecule has 0 radical (unpaired) electrons. The maximum atomic E-state index is 14.2. The van der Waals surface area contributed by atoms with Gasteiger partial charge in [0, 0.05) is 12.3 Å². The fourth-order valence-electron chi connectivity index (χ4n) is 2.55. The molecule has 0 spiro atoms. The van der Waals surface area contributed by atoms with Crippen LogP contribution in [0, 0.1) is 17.1 Å². The van der Waals surface area contributed by atoms with E-state index in [0.29, 0.717) is 23.5 Å². The van der Waals surface area contributed by atoms with Crippen LogP contribution in [-0.4, -0.2) is 24.2 Å². The number of carbonyl (C=O) groups is 1. The topological polar surface area (TPSA) is 81.4 Å². The Morgan fingerprint density at radius 3 is 2.65 bits per heavy atom. The zero-order chi connectivity index (χ0) is 21.9. The Bertz CT molecular complexity index is 1080. The summed E-state index contributed by atoms with van der Waals surface area (Å²) in [5.41, 5.74) is 1.39. The molecule has 0 bridgehead atoms. The highest BCUT2D eigenvalue weighted by atomic mass is 19.1. The van der Waals surface area contributed by atoms with Crippen molar-refractivity contribution in [1.29, 1.82) is 5.26 Å². The first-order valence-corrected chi connectivity index (χ1v) is 9.45. The predicted molar refractivity (Wildman–Crippen MR) is 112 cm³/mol. The molecular weight excluding hydrogens is 399 g/mol. The number of aromatic nitrogens is 1. The van der Waals surface area contributed by atoms with Crippen LogP contribution >= 0.6 is 0 Å². The average molecular weight is 418 g/mol. The van der Waals surface area contributed by atoms with E-state index in [4.69, 9.17) is 19.5 Å². The Hall–Kier alpha value is -4.18. The van der Waals surface area contributed by atoms with Crippen molar-refractivity contribution >= 4 is 12.0 Å². The highest BCUT2D eigenvalue weighted by Gasteiger charge is 2.06. The molecule has 6 nitrogen and oxygen atoms in total. The van der Waals surface area contributed by atoms with Gasteiger partial charge in [0.25, 0.3) is 0 Å². The number of benzene rings is 2. The lowest BCUT2D eigenvalue weighted by Crippen LogP contribution is -2.10. The largest absolute Gasteiger partial charge is 0.490 e. The van der Waals surface area contributed by atoms with E-state index in [0.717, 1.165) is 5.56 Å². The highest BCUT2D eigenvalue weighted by Crippen LogP contribution is 2.24. The number of rotatable bonds is 9. The first kappa shape index (κ1) is 21.5. The Morgan fingerprint density at radius 1 is 1.10 bits per heavy atom. The van der Waals surface area contributed by atoms with E-state index >= 15 is 0 Å². The molecule has 3 rings (SSSR count). The lowest BCUT2D eigenvalue weighted by Gasteiger charge is -2.07. The van der Waals surface area contributed by atoms with Gasteiger partial charge >= 0.3 is 5.97 Å². The number of carbonyl (C=O) groups excluding carboxylic acids is 1. The zero-order valence-electron chi connectivity index (χ0n) is 16.5. The zero-order valence-corrected chi connectivity index (χ0v) is 16.5. The van der Waals surface area contributed by atoms with Crippen molar-refractivity contribution in [3.05, 3.63) is 90.0 Å². The highest BCUT2D eigenvalue weighted by molar-refractivity contribution is 5.87. The second kappa shape index (κ2) is 11.1. The first-order chi connectivity index (χ1) is 15.1. The molecule has 0 N–H and O–H groups in total. The molecule has 7 heteroatoms. The summed E-state index contributed by atoms with van der Waals surface area (Å²) < 4.78 is 30.2. The number of hydrogen-bond donors (Lipinski definition) is 0. The van der Waals surface area contributed by atoms with E-state index in [-0.39, 0.29) is 19.0 Å². The molecule has 0 fully saturated rings. The molecule has 0 saturated carbocycles. The van der Waals surface area contributed by atoms with Gasteiger partial charge in [-0.15, -0.1) is 0 Å². The molecule has 0 amide bonds. The fraction of sp³-hybridized carbons (Fsp3) is 0.125. The summed E-state index contributed by atoms with van der Waals surface area (Å²) in [6.07, 6.45) is 6.09. The number of pyridine rings is 1. The summed E-state index contributed by atoms with van der Waals surface area (Å²) in [5.74, 6) is -0.0194. The summed E-state index contributed by atoms with van der Waals surface area (Å²) in [6.45, 7) is 0.252. The second-order valence-electron chi connectivity index (χ2n) is 6.31. The van der Waals surface area contributed by atoms with Crippen molar-refractivity contribution < 1.29 is 23.4 Å². The molecule has 2 aromatic carbocycles. The molecular formula is C24H19FN2O4. The molecule has 1 heterocycles. The quantitative estimate of drug-likeness (QED) is 0.284. The Balaban J connectivity index is 1.43. The van der Waals surface area contributed by atoms with Crippen molar-refractivity contribution in [3.63, 3.8) is 0 Å². The van der Waals surface area contributed by atoms with E-state index in [1.165, 1.54) is 30.5 Å². The monoisotopic (exact) mass is 418 g/mol. The van der Waals surface area contributed by atoms with Gasteiger partial charge in [-0.1, -0.05) is 18.2 Å². The molecule has 1 aromatic heterocycles. The van der Waals surface area contributed by atoms with E-state index in [1.54, 1.807) is 48.7 Å². The van der Waals surface area contributed by atoms with Crippen LogP contribution < -0.4 is 9.47 Å². The number of nitrogens with zero attached hydrogens (tertiary/aromatic N) is 2. The van der Waals surface area contributed by atoms with E-state index in [1.807, 2.05) is 0 Å². The van der Waals surface area contributed by atoms with Crippen molar-refractivity contribution in [1.82, 2.24) is 4.98 Å². The van der Waals surface area contributed by atoms with Gasteiger partial charge in [0.15, 0.2) is 11.6 Å². The minimum Gasteiger partial charge on any atom is -0.490 e. The number of hydrogen-bond acceptors (Lipinski definition) is 6. The van der Waals surface area contributed by atoms with Gasteiger partial charge in [0.2, 0.25) is 0 Å². The van der Waals surface area contributed by atoms with Crippen molar-refractivity contribution in [2.75, 3.05) is 13.2 Å². The lowest BCUT2D eigenvalue weighted by atomic mass is 10.2. The molecule has 0 aliphatic heterocycles. The van der Waals surface area contributed by atoms with E-state index in [9.17, 15) is 9.18 Å². The van der Waals surface area contributed by atoms with Crippen molar-refractivity contribution in [2.24, 2.45) is 0 Å². The smallest absolute Gasteiger partial charge is 0.330 e. The molecule has 3 aromatic rings. The van der Waals surface area contributed by atoms with Gasteiger partial charge in [0.05, 0.1) is 18.7 Å².